The summed E-state index contributed by atoms with van der Waals surface area (Å²) < 4.78 is 13.3. The van der Waals surface area contributed by atoms with Crippen molar-refractivity contribution in [2.45, 2.75) is 93.3 Å². The van der Waals surface area contributed by atoms with E-state index in [2.05, 4.69) is 33.0 Å². The van der Waals surface area contributed by atoms with Gasteiger partial charge in [-0.05, 0) is 93.9 Å². The van der Waals surface area contributed by atoms with E-state index < -0.39 is 41.5 Å². The maximum Gasteiger partial charge on any atom is 0.193 e. The predicted molar refractivity (Wildman–Crippen MR) is 178 cm³/mol. The second kappa shape index (κ2) is 11.6. The second-order valence-corrected chi connectivity index (χ2v) is 16.0. The molecule has 3 saturated carbocycles. The third-order valence-corrected chi connectivity index (χ3v) is 12.9. The first-order valence-corrected chi connectivity index (χ1v) is 17.5. The van der Waals surface area contributed by atoms with Gasteiger partial charge in [-0.25, -0.2) is 0 Å². The Morgan fingerprint density at radius 2 is 1.89 bits per heavy atom. The van der Waals surface area contributed by atoms with Crippen LogP contribution < -0.4 is 5.32 Å². The van der Waals surface area contributed by atoms with Crippen molar-refractivity contribution in [2.24, 2.45) is 28.6 Å². The van der Waals surface area contributed by atoms with E-state index in [0.29, 0.717) is 17.9 Å². The fourth-order valence-electron chi connectivity index (χ4n) is 9.65. The zero-order valence-corrected chi connectivity index (χ0v) is 28.2. The first-order valence-electron chi connectivity index (χ1n) is 16.3. The number of ketones is 2. The molecule has 4 aliphatic carbocycles. The Hall–Kier alpha value is -2.46. The van der Waals surface area contributed by atoms with Gasteiger partial charge in [0, 0.05) is 38.1 Å². The summed E-state index contributed by atoms with van der Waals surface area (Å²) in [7, 11) is 0. The van der Waals surface area contributed by atoms with Crippen LogP contribution in [0, 0.1) is 28.6 Å². The highest BCUT2D eigenvalue weighted by molar-refractivity contribution is 7.99. The van der Waals surface area contributed by atoms with Crippen molar-refractivity contribution < 1.29 is 29.3 Å². The van der Waals surface area contributed by atoms with Crippen LogP contribution in [-0.2, 0) is 19.1 Å². The minimum atomic E-state index is -1.37. The number of carbonyl (C=O) groups excluding carboxylic acids is 2. The molecule has 4 fully saturated rings. The molecule has 2 aromatic carbocycles. The molecule has 46 heavy (non-hydrogen) atoms. The number of hydrogen-bond acceptors (Lipinski definition) is 8. The Kier molecular flexibility index (Phi) is 8.10. The number of ether oxygens (including phenoxy) is 2. The highest BCUT2D eigenvalue weighted by atomic mass is 35.5. The van der Waals surface area contributed by atoms with Crippen molar-refractivity contribution >= 4 is 40.6 Å². The number of hydrogen-bond donors (Lipinski definition) is 3. The average Bonchev–Trinajstić information content (AvgIpc) is 3.51. The molecule has 0 bridgehead atoms. The Morgan fingerprint density at radius 1 is 1.15 bits per heavy atom. The lowest BCUT2D eigenvalue weighted by molar-refractivity contribution is -0.201. The van der Waals surface area contributed by atoms with Gasteiger partial charge in [0.15, 0.2) is 23.5 Å². The van der Waals surface area contributed by atoms with Crippen molar-refractivity contribution in [1.82, 2.24) is 0 Å². The zero-order chi connectivity index (χ0) is 32.6. The number of allylic oxidation sites excluding steroid dienone is 4. The molecule has 0 radical (unpaired) electrons. The smallest absolute Gasteiger partial charge is 0.193 e. The molecule has 1 aliphatic heterocycles. The topological polar surface area (TPSA) is 105 Å². The van der Waals surface area contributed by atoms with Crippen LogP contribution in [0.5, 0.6) is 0 Å². The molecule has 244 valence electrons. The predicted octanol–water partition coefficient (Wildman–Crippen LogP) is 6.91. The Balaban J connectivity index is 1.14. The number of halogens is 1. The van der Waals surface area contributed by atoms with Crippen molar-refractivity contribution in [2.75, 3.05) is 11.9 Å². The SMILES string of the molecule is CC(C)Nc1cc(Sc2ccc([C@@H]3O[C@@H]4CC5[C@@H]6CCC7=CC(=O)C=C[C@]7(C)[C@H]6[C@@H](O)C[C@]5(C)[C@]4(C(=O)CO)O3)cc2)ccc1Cl. The van der Waals surface area contributed by atoms with E-state index in [9.17, 15) is 19.8 Å². The van der Waals surface area contributed by atoms with Crippen LogP contribution in [0.4, 0.5) is 5.69 Å². The maximum absolute atomic E-state index is 13.8. The summed E-state index contributed by atoms with van der Waals surface area (Å²) in [6, 6.07) is 14.2. The molecule has 9 atom stereocenters. The standard InChI is InChI=1S/C37H42ClNO6S/c1-20(2)39-29-16-25(10-12-28(29)38)46-24-8-5-21(6-9-24)34-44-32-17-27-26-11-7-22-15-23(41)13-14-35(22,3)33(26)30(42)18-36(27,4)37(32,45-34)31(43)19-40/h5-6,8-10,12-16,20,26-27,30,32-34,39-40,42H,7,11,17-19H2,1-4H3/t26-,27?,30-,32+,33+,34+,35-,36-,37+/m0/s1. The Morgan fingerprint density at radius 3 is 2.61 bits per heavy atom. The van der Waals surface area contributed by atoms with Crippen LogP contribution in [0.2, 0.25) is 5.02 Å². The van der Waals surface area contributed by atoms with Crippen molar-refractivity contribution in [3.05, 3.63) is 76.9 Å². The molecular weight excluding hydrogens is 622 g/mol. The fourth-order valence-corrected chi connectivity index (χ4v) is 10.7. The monoisotopic (exact) mass is 663 g/mol. The van der Waals surface area contributed by atoms with Crippen LogP contribution >= 0.6 is 23.4 Å². The molecule has 1 saturated heterocycles. The van der Waals surface area contributed by atoms with Gasteiger partial charge in [0.25, 0.3) is 0 Å². The lowest BCUT2D eigenvalue weighted by Crippen LogP contribution is -2.63. The number of aliphatic hydroxyl groups excluding tert-OH is 2. The summed E-state index contributed by atoms with van der Waals surface area (Å²) in [5.41, 5.74) is 0.271. The van der Waals surface area contributed by atoms with Gasteiger partial charge >= 0.3 is 0 Å². The largest absolute Gasteiger partial charge is 0.393 e. The number of anilines is 1. The van der Waals surface area contributed by atoms with Crippen molar-refractivity contribution in [1.29, 1.82) is 0 Å². The Bertz CT molecular complexity index is 1620. The number of Topliss-reactive ketones (excluding diaryl/α,β-unsaturated/α-hetero) is 1. The van der Waals surface area contributed by atoms with Gasteiger partial charge in [0.2, 0.25) is 0 Å². The summed E-state index contributed by atoms with van der Waals surface area (Å²) >= 11 is 8.01. The minimum absolute atomic E-state index is 0.00137. The highest BCUT2D eigenvalue weighted by Gasteiger charge is 2.75. The van der Waals surface area contributed by atoms with Crippen LogP contribution in [0.3, 0.4) is 0 Å². The van der Waals surface area contributed by atoms with Gasteiger partial charge in [-0.2, -0.15) is 0 Å². The minimum Gasteiger partial charge on any atom is -0.393 e. The average molecular weight is 664 g/mol. The van der Waals surface area contributed by atoms with E-state index in [4.69, 9.17) is 21.1 Å². The molecular formula is C37H42ClNO6S. The van der Waals surface area contributed by atoms with E-state index in [1.54, 1.807) is 23.9 Å². The van der Waals surface area contributed by atoms with Crippen LogP contribution in [0.1, 0.15) is 65.2 Å². The van der Waals surface area contributed by atoms with E-state index in [0.717, 1.165) is 39.5 Å². The van der Waals surface area contributed by atoms with Crippen molar-refractivity contribution in [3.8, 4) is 0 Å². The molecule has 7 nitrogen and oxygen atoms in total. The van der Waals surface area contributed by atoms with Crippen LogP contribution in [0.15, 0.2) is 76.1 Å². The molecule has 1 unspecified atom stereocenters. The van der Waals surface area contributed by atoms with Gasteiger partial charge in [-0.1, -0.05) is 61.0 Å². The van der Waals surface area contributed by atoms with Crippen molar-refractivity contribution in [3.63, 3.8) is 0 Å². The molecule has 3 N–H and O–H groups in total. The van der Waals surface area contributed by atoms with Gasteiger partial charge in [0.1, 0.15) is 6.61 Å². The lowest BCUT2D eigenvalue weighted by Gasteiger charge is -2.59. The highest BCUT2D eigenvalue weighted by Crippen LogP contribution is 2.70. The molecule has 1 heterocycles. The molecule has 2 aromatic rings. The third kappa shape index (κ3) is 4.86. The quantitative estimate of drug-likeness (QED) is 0.294. The van der Waals surface area contributed by atoms with Gasteiger partial charge in [0.05, 0.1) is 22.9 Å². The summed E-state index contributed by atoms with van der Waals surface area (Å²) in [5.74, 6) is -0.286. The van der Waals surface area contributed by atoms with E-state index in [1.807, 2.05) is 48.5 Å². The number of nitrogens with one attached hydrogen (secondary N) is 1. The normalized spacial score (nSPS) is 37.7. The van der Waals surface area contributed by atoms with Gasteiger partial charge in [-0.15, -0.1) is 0 Å². The number of rotatable bonds is 7. The number of aliphatic hydroxyl groups is 2. The molecule has 9 heteroatoms. The number of carbonyl (C=O) groups is 2. The molecule has 0 aromatic heterocycles. The zero-order valence-electron chi connectivity index (χ0n) is 26.7. The second-order valence-electron chi connectivity index (χ2n) is 14.5. The van der Waals surface area contributed by atoms with Crippen LogP contribution in [0.25, 0.3) is 0 Å². The Labute approximate surface area is 279 Å². The summed E-state index contributed by atoms with van der Waals surface area (Å²) in [5, 5.41) is 26.2. The summed E-state index contributed by atoms with van der Waals surface area (Å²) in [6.07, 6.45) is 5.91. The maximum atomic E-state index is 13.8. The first-order chi connectivity index (χ1) is 21.9. The van der Waals surface area contributed by atoms with Gasteiger partial charge < -0.3 is 25.0 Å². The van der Waals surface area contributed by atoms with Crippen LogP contribution in [-0.4, -0.2) is 52.2 Å². The van der Waals surface area contributed by atoms with E-state index in [-0.39, 0.29) is 35.4 Å². The van der Waals surface area contributed by atoms with E-state index in [1.165, 1.54) is 0 Å². The summed E-state index contributed by atoms with van der Waals surface area (Å²) in [6.45, 7) is 7.68. The lowest BCUT2D eigenvalue weighted by atomic mass is 9.46. The number of benzene rings is 2. The fraction of sp³-hybridized carbons (Fsp3) is 0.514. The molecule has 0 spiro atoms. The molecule has 0 amide bonds. The first kappa shape index (κ1) is 32.1. The molecule has 5 aliphatic rings. The third-order valence-electron chi connectivity index (χ3n) is 11.6. The molecule has 7 rings (SSSR count). The number of fused-ring (bicyclic) bond motifs is 7. The van der Waals surface area contributed by atoms with E-state index >= 15 is 0 Å². The van der Waals surface area contributed by atoms with Gasteiger partial charge in [-0.3, -0.25) is 9.59 Å². The summed E-state index contributed by atoms with van der Waals surface area (Å²) in [4.78, 5) is 28.1.